The Hall–Kier alpha value is -2.67. The van der Waals surface area contributed by atoms with Crippen LogP contribution in [-0.4, -0.2) is 30.6 Å². The number of nitrogens with one attached hydrogen (secondary N) is 1. The van der Waals surface area contributed by atoms with E-state index >= 15 is 0 Å². The molecule has 6 heteroatoms. The SMILES string of the molecule is O=C(NCCCC=C[Si](O)(O)c1ccccc1)c1cc2ccccc2o1. The van der Waals surface area contributed by atoms with Crippen molar-refractivity contribution in [3.8, 4) is 0 Å². The summed E-state index contributed by atoms with van der Waals surface area (Å²) in [7, 11) is -3.52. The van der Waals surface area contributed by atoms with Gasteiger partial charge >= 0.3 is 8.56 Å². The molecule has 0 aliphatic rings. The number of hydrogen-bond acceptors (Lipinski definition) is 4. The normalized spacial score (nSPS) is 11.9. The number of carbonyl (C=O) groups excluding carboxylic acids is 1. The Morgan fingerprint density at radius 1 is 1.08 bits per heavy atom. The van der Waals surface area contributed by atoms with Crippen LogP contribution >= 0.6 is 0 Å². The molecule has 0 saturated carbocycles. The molecule has 3 aromatic rings. The largest absolute Gasteiger partial charge is 0.451 e. The zero-order chi connectivity index (χ0) is 18.4. The lowest BCUT2D eigenvalue weighted by Crippen LogP contribution is -2.46. The molecule has 0 bridgehead atoms. The third-order valence-corrected chi connectivity index (χ3v) is 5.91. The summed E-state index contributed by atoms with van der Waals surface area (Å²) in [6.07, 6.45) is 3.09. The van der Waals surface area contributed by atoms with Gasteiger partial charge in [-0.15, -0.1) is 0 Å². The molecule has 1 aromatic heterocycles. The molecule has 0 radical (unpaired) electrons. The lowest BCUT2D eigenvalue weighted by molar-refractivity contribution is 0.0928. The van der Waals surface area contributed by atoms with E-state index in [0.717, 1.165) is 5.39 Å². The summed E-state index contributed by atoms with van der Waals surface area (Å²) in [5, 5.41) is 4.26. The predicted octanol–water partition coefficient (Wildman–Crippen LogP) is 2.37. The molecule has 0 fully saturated rings. The van der Waals surface area contributed by atoms with Gasteiger partial charge in [0, 0.05) is 11.9 Å². The highest BCUT2D eigenvalue weighted by Crippen LogP contribution is 2.18. The monoisotopic (exact) mass is 367 g/mol. The Kier molecular flexibility index (Phi) is 5.67. The van der Waals surface area contributed by atoms with Crippen molar-refractivity contribution >= 4 is 30.6 Å². The lowest BCUT2D eigenvalue weighted by atomic mass is 10.2. The first-order chi connectivity index (χ1) is 12.6. The van der Waals surface area contributed by atoms with Crippen LogP contribution in [0, 0.1) is 0 Å². The van der Waals surface area contributed by atoms with E-state index in [0.29, 0.717) is 35.9 Å². The highest BCUT2D eigenvalue weighted by molar-refractivity contribution is 6.83. The molecule has 3 rings (SSSR count). The number of carbonyl (C=O) groups is 1. The number of unbranched alkanes of at least 4 members (excludes halogenated alkanes) is 1. The van der Waals surface area contributed by atoms with Crippen LogP contribution in [0.25, 0.3) is 11.0 Å². The predicted molar refractivity (Wildman–Crippen MR) is 103 cm³/mol. The third-order valence-electron chi connectivity index (χ3n) is 4.03. The summed E-state index contributed by atoms with van der Waals surface area (Å²) in [5.74, 6) is 0.0467. The van der Waals surface area contributed by atoms with Crippen LogP contribution in [0.4, 0.5) is 0 Å². The van der Waals surface area contributed by atoms with Gasteiger partial charge in [0.15, 0.2) is 5.76 Å². The number of para-hydroxylation sites is 1. The smallest absolute Gasteiger partial charge is 0.393 e. The van der Waals surface area contributed by atoms with E-state index < -0.39 is 8.56 Å². The Morgan fingerprint density at radius 2 is 1.81 bits per heavy atom. The Balaban J connectivity index is 1.44. The summed E-state index contributed by atoms with van der Waals surface area (Å²) >= 11 is 0. The summed E-state index contributed by atoms with van der Waals surface area (Å²) in [6.45, 7) is 0.483. The fraction of sp³-hybridized carbons (Fsp3) is 0.150. The van der Waals surface area contributed by atoms with Crippen LogP contribution in [0.15, 0.2) is 76.9 Å². The van der Waals surface area contributed by atoms with Crippen molar-refractivity contribution in [1.29, 1.82) is 0 Å². The van der Waals surface area contributed by atoms with Crippen LogP contribution in [0.2, 0.25) is 0 Å². The van der Waals surface area contributed by atoms with Crippen LogP contribution in [0.3, 0.4) is 0 Å². The first-order valence-corrected chi connectivity index (χ1v) is 10.5. The van der Waals surface area contributed by atoms with E-state index in [1.165, 1.54) is 5.70 Å². The van der Waals surface area contributed by atoms with Gasteiger partial charge in [0.1, 0.15) is 5.58 Å². The molecule has 0 unspecified atom stereocenters. The van der Waals surface area contributed by atoms with Gasteiger partial charge in [-0.3, -0.25) is 4.79 Å². The molecule has 0 spiro atoms. The lowest BCUT2D eigenvalue weighted by Gasteiger charge is -2.13. The van der Waals surface area contributed by atoms with Crippen molar-refractivity contribution in [2.24, 2.45) is 0 Å². The number of rotatable bonds is 7. The van der Waals surface area contributed by atoms with E-state index in [9.17, 15) is 14.4 Å². The van der Waals surface area contributed by atoms with Gasteiger partial charge in [-0.2, -0.15) is 0 Å². The molecule has 26 heavy (non-hydrogen) atoms. The van der Waals surface area contributed by atoms with Crippen molar-refractivity contribution in [2.45, 2.75) is 12.8 Å². The maximum absolute atomic E-state index is 12.1. The number of amides is 1. The molecule has 134 valence electrons. The van der Waals surface area contributed by atoms with Gasteiger partial charge < -0.3 is 19.3 Å². The van der Waals surface area contributed by atoms with Crippen LogP contribution in [-0.2, 0) is 0 Å². The van der Waals surface area contributed by atoms with E-state index in [1.54, 1.807) is 36.4 Å². The molecule has 1 heterocycles. The summed E-state index contributed by atoms with van der Waals surface area (Å²) in [5.41, 5.74) is 2.18. The van der Waals surface area contributed by atoms with E-state index in [1.807, 2.05) is 30.3 Å². The topological polar surface area (TPSA) is 82.7 Å². The first-order valence-electron chi connectivity index (χ1n) is 8.51. The molecule has 0 aliphatic carbocycles. The minimum Gasteiger partial charge on any atom is -0.451 e. The molecular formula is C20H21NO4Si. The fourth-order valence-corrected chi connectivity index (χ4v) is 4.00. The van der Waals surface area contributed by atoms with Crippen molar-refractivity contribution in [2.75, 3.05) is 6.54 Å². The molecular weight excluding hydrogens is 346 g/mol. The standard InChI is InChI=1S/C20H21NO4Si/c22-20(19-15-16-9-5-6-12-18(16)25-19)21-13-7-2-8-14-26(23,24)17-10-3-1-4-11-17/h1,3-6,8-12,14-15,23-24H,2,7,13H2,(H,21,22). The molecule has 1 amide bonds. The highest BCUT2D eigenvalue weighted by Gasteiger charge is 2.27. The summed E-state index contributed by atoms with van der Waals surface area (Å²) < 4.78 is 5.52. The van der Waals surface area contributed by atoms with Gasteiger partial charge in [-0.1, -0.05) is 54.6 Å². The van der Waals surface area contributed by atoms with Crippen LogP contribution < -0.4 is 10.5 Å². The second kappa shape index (κ2) is 8.14. The number of furan rings is 1. The maximum atomic E-state index is 12.1. The Bertz CT molecular complexity index is 869. The first kappa shape index (κ1) is 18.1. The molecule has 0 atom stereocenters. The zero-order valence-corrected chi connectivity index (χ0v) is 15.3. The second-order valence-corrected chi connectivity index (χ2v) is 8.40. The molecule has 3 N–H and O–H groups in total. The maximum Gasteiger partial charge on any atom is 0.393 e. The zero-order valence-electron chi connectivity index (χ0n) is 14.3. The van der Waals surface area contributed by atoms with E-state index in [-0.39, 0.29) is 5.91 Å². The average molecular weight is 367 g/mol. The number of allylic oxidation sites excluding steroid dienone is 1. The van der Waals surface area contributed by atoms with E-state index in [2.05, 4.69) is 5.32 Å². The van der Waals surface area contributed by atoms with Gasteiger partial charge in [0.05, 0.1) is 0 Å². The van der Waals surface area contributed by atoms with Crippen molar-refractivity contribution in [3.05, 3.63) is 78.2 Å². The minimum atomic E-state index is -3.52. The minimum absolute atomic E-state index is 0.248. The highest BCUT2D eigenvalue weighted by atomic mass is 28.4. The molecule has 2 aromatic carbocycles. The molecule has 0 saturated heterocycles. The molecule has 5 nitrogen and oxygen atoms in total. The van der Waals surface area contributed by atoms with Gasteiger partial charge in [0.25, 0.3) is 5.91 Å². The average Bonchev–Trinajstić information content (AvgIpc) is 3.09. The summed E-state index contributed by atoms with van der Waals surface area (Å²) in [4.78, 5) is 32.4. The molecule has 0 aliphatic heterocycles. The van der Waals surface area contributed by atoms with Gasteiger partial charge in [0.2, 0.25) is 0 Å². The van der Waals surface area contributed by atoms with Crippen molar-refractivity contribution < 1.29 is 18.8 Å². The summed E-state index contributed by atoms with van der Waals surface area (Å²) in [6, 6.07) is 18.0. The van der Waals surface area contributed by atoms with Gasteiger partial charge in [-0.05, 0) is 35.9 Å². The number of hydrogen-bond donors (Lipinski definition) is 3. The van der Waals surface area contributed by atoms with Crippen molar-refractivity contribution in [3.63, 3.8) is 0 Å². The Morgan fingerprint density at radius 3 is 2.58 bits per heavy atom. The Labute approximate surface area is 152 Å². The second-order valence-electron chi connectivity index (χ2n) is 6.04. The quantitative estimate of drug-likeness (QED) is 0.442. The van der Waals surface area contributed by atoms with Gasteiger partial charge in [-0.25, -0.2) is 0 Å². The number of benzene rings is 2. The van der Waals surface area contributed by atoms with Crippen LogP contribution in [0.5, 0.6) is 0 Å². The van der Waals surface area contributed by atoms with Crippen molar-refractivity contribution in [1.82, 2.24) is 5.32 Å². The van der Waals surface area contributed by atoms with Crippen LogP contribution in [0.1, 0.15) is 23.4 Å². The van der Waals surface area contributed by atoms with E-state index in [4.69, 9.17) is 4.42 Å². The third kappa shape index (κ3) is 4.48. The number of fused-ring (bicyclic) bond motifs is 1. The fourth-order valence-electron chi connectivity index (χ4n) is 2.63.